The summed E-state index contributed by atoms with van der Waals surface area (Å²) in [4.78, 5) is 23.5. The van der Waals surface area contributed by atoms with E-state index >= 15 is 0 Å². The fraction of sp³-hybridized carbons (Fsp3) is 0.917. The van der Waals surface area contributed by atoms with Crippen LogP contribution in [0.15, 0.2) is 0 Å². The summed E-state index contributed by atoms with van der Waals surface area (Å²) in [7, 11) is -3.20. The normalized spacial score (nSPS) is 14.7. The van der Waals surface area contributed by atoms with Gasteiger partial charge in [-0.15, -0.1) is 0 Å². The zero-order chi connectivity index (χ0) is 31.9. The van der Waals surface area contributed by atoms with Crippen LogP contribution in [0.4, 0.5) is 26.3 Å². The topological polar surface area (TPSA) is 119 Å². The highest BCUT2D eigenvalue weighted by Crippen LogP contribution is 2.48. The van der Waals surface area contributed by atoms with E-state index in [1.165, 1.54) is 34.6 Å². The summed E-state index contributed by atoms with van der Waals surface area (Å²) in [5.74, 6) is -1.23. The lowest BCUT2D eigenvalue weighted by atomic mass is 9.80. The number of rotatable bonds is 11. The Morgan fingerprint density at radius 1 is 0.821 bits per heavy atom. The summed E-state index contributed by atoms with van der Waals surface area (Å²) in [5, 5.41) is 9.35. The second kappa shape index (κ2) is 13.8. The van der Waals surface area contributed by atoms with Gasteiger partial charge in [0.15, 0.2) is 0 Å². The smallest absolute Gasteiger partial charge is 0.426 e. The number of sulfonamides is 1. The molecule has 0 aromatic carbocycles. The molecule has 0 fully saturated rings. The van der Waals surface area contributed by atoms with Crippen molar-refractivity contribution in [2.75, 3.05) is 19.4 Å². The third-order valence-electron chi connectivity index (χ3n) is 6.21. The Hall–Kier alpha value is -1.61. The maximum atomic E-state index is 12.9. The molecular weight excluding hydrogens is 560 g/mol. The number of nitrogens with one attached hydrogen (secondary N) is 1. The molecule has 0 aromatic heterocycles. The van der Waals surface area contributed by atoms with Gasteiger partial charge in [0.25, 0.3) is 5.60 Å². The van der Waals surface area contributed by atoms with Gasteiger partial charge < -0.3 is 14.6 Å². The summed E-state index contributed by atoms with van der Waals surface area (Å²) >= 11 is 0. The SMILES string of the molecule is CCC(C)(C)C(=O)OC(CC(O)(C(F)(F)F)C(F)(F)F)C(C)(C)C.CCC(C)(C)C(=O)OCCNS(C)(=O)=O. The van der Waals surface area contributed by atoms with Crippen LogP contribution in [0, 0.1) is 16.2 Å². The Kier molecular flexibility index (Phi) is 14.0. The molecule has 0 radical (unpaired) electrons. The van der Waals surface area contributed by atoms with Gasteiger partial charge in [0.05, 0.1) is 17.1 Å². The summed E-state index contributed by atoms with van der Waals surface area (Å²) in [6.07, 6.45) is -13.5. The molecule has 1 atom stereocenters. The Morgan fingerprint density at radius 2 is 1.21 bits per heavy atom. The van der Waals surface area contributed by atoms with Gasteiger partial charge in [0, 0.05) is 13.0 Å². The first-order valence-corrected chi connectivity index (χ1v) is 14.1. The number of alkyl halides is 6. The third-order valence-corrected chi connectivity index (χ3v) is 6.93. The highest BCUT2D eigenvalue weighted by molar-refractivity contribution is 7.88. The van der Waals surface area contributed by atoms with Gasteiger partial charge in [-0.05, 0) is 46.0 Å². The van der Waals surface area contributed by atoms with Gasteiger partial charge in [-0.25, -0.2) is 13.1 Å². The van der Waals surface area contributed by atoms with E-state index in [0.717, 1.165) is 6.26 Å². The summed E-state index contributed by atoms with van der Waals surface area (Å²) < 4.78 is 111. The zero-order valence-electron chi connectivity index (χ0n) is 24.2. The molecule has 234 valence electrons. The summed E-state index contributed by atoms with van der Waals surface area (Å²) in [6, 6.07) is 0. The number of halogens is 6. The second-order valence-electron chi connectivity index (χ2n) is 11.6. The lowest BCUT2D eigenvalue weighted by Gasteiger charge is -2.40. The van der Waals surface area contributed by atoms with Crippen LogP contribution in [-0.2, 0) is 29.1 Å². The minimum Gasteiger partial charge on any atom is -0.464 e. The molecule has 0 aliphatic rings. The van der Waals surface area contributed by atoms with Crippen molar-refractivity contribution in [3.05, 3.63) is 0 Å². The highest BCUT2D eigenvalue weighted by atomic mass is 32.2. The number of aliphatic hydroxyl groups is 1. The van der Waals surface area contributed by atoms with E-state index in [2.05, 4.69) is 4.72 Å². The number of hydrogen-bond donors (Lipinski definition) is 2. The van der Waals surface area contributed by atoms with Crippen LogP contribution < -0.4 is 4.72 Å². The lowest BCUT2D eigenvalue weighted by Crippen LogP contribution is -2.60. The minimum absolute atomic E-state index is 0.0648. The standard InChI is InChI=1S/C15H24F6O3.C9H19NO4S/c1-7-12(5,6)10(22)24-9(11(2,3)4)8-13(23,14(16,17)18)15(19,20)21;1-5-9(2,3)8(11)14-7-6-10-15(4,12)13/h9,23H,7-8H2,1-6H3;10H,5-7H2,1-4H3. The molecule has 0 saturated carbocycles. The molecule has 0 bridgehead atoms. The van der Waals surface area contributed by atoms with Crippen molar-refractivity contribution in [3.63, 3.8) is 0 Å². The molecule has 0 saturated heterocycles. The Morgan fingerprint density at radius 3 is 1.51 bits per heavy atom. The van der Waals surface area contributed by atoms with Crippen LogP contribution in [0.2, 0.25) is 0 Å². The minimum atomic E-state index is -5.96. The molecule has 0 amide bonds. The van der Waals surface area contributed by atoms with Crippen molar-refractivity contribution < 1.29 is 58.9 Å². The van der Waals surface area contributed by atoms with E-state index < -0.39 is 62.7 Å². The van der Waals surface area contributed by atoms with Crippen LogP contribution in [0.5, 0.6) is 0 Å². The molecule has 8 nitrogen and oxygen atoms in total. The van der Waals surface area contributed by atoms with Gasteiger partial charge in [-0.1, -0.05) is 34.6 Å². The van der Waals surface area contributed by atoms with Gasteiger partial charge in [0.1, 0.15) is 12.7 Å². The fourth-order valence-electron chi connectivity index (χ4n) is 2.33. The van der Waals surface area contributed by atoms with Crippen molar-refractivity contribution in [1.82, 2.24) is 4.72 Å². The molecule has 15 heteroatoms. The maximum absolute atomic E-state index is 12.9. The van der Waals surface area contributed by atoms with Gasteiger partial charge in [0.2, 0.25) is 10.0 Å². The first-order chi connectivity index (χ1) is 17.0. The second-order valence-corrected chi connectivity index (χ2v) is 13.4. The average Bonchev–Trinajstić information content (AvgIpc) is 2.73. The highest BCUT2D eigenvalue weighted by Gasteiger charge is 2.71. The predicted molar refractivity (Wildman–Crippen MR) is 133 cm³/mol. The van der Waals surface area contributed by atoms with Gasteiger partial charge in [-0.3, -0.25) is 9.59 Å². The lowest BCUT2D eigenvalue weighted by molar-refractivity contribution is -0.375. The molecule has 2 N–H and O–H groups in total. The third kappa shape index (κ3) is 13.1. The van der Waals surface area contributed by atoms with E-state index in [1.54, 1.807) is 20.8 Å². The van der Waals surface area contributed by atoms with E-state index in [4.69, 9.17) is 9.47 Å². The number of esters is 2. The van der Waals surface area contributed by atoms with Crippen molar-refractivity contribution >= 4 is 22.0 Å². The number of carbonyl (C=O) groups is 2. The Bertz CT molecular complexity index is 893. The van der Waals surface area contributed by atoms with Crippen molar-refractivity contribution in [2.45, 2.75) is 106 Å². The van der Waals surface area contributed by atoms with Crippen LogP contribution in [0.25, 0.3) is 0 Å². The van der Waals surface area contributed by atoms with E-state index in [9.17, 15) is 49.5 Å². The van der Waals surface area contributed by atoms with E-state index in [0.29, 0.717) is 6.42 Å². The van der Waals surface area contributed by atoms with Crippen LogP contribution in [0.1, 0.15) is 81.6 Å². The van der Waals surface area contributed by atoms with Crippen LogP contribution >= 0.6 is 0 Å². The van der Waals surface area contributed by atoms with Crippen molar-refractivity contribution in [3.8, 4) is 0 Å². The first-order valence-electron chi connectivity index (χ1n) is 12.2. The Labute approximate surface area is 227 Å². The van der Waals surface area contributed by atoms with E-state index in [-0.39, 0.29) is 25.5 Å². The summed E-state index contributed by atoms with van der Waals surface area (Å²) in [5.41, 5.74) is -7.79. The largest absolute Gasteiger partial charge is 0.464 e. The molecule has 0 rings (SSSR count). The van der Waals surface area contributed by atoms with Gasteiger partial charge in [-0.2, -0.15) is 26.3 Å². The van der Waals surface area contributed by atoms with Crippen LogP contribution in [0.3, 0.4) is 0 Å². The molecular formula is C24H43F6NO7S. The monoisotopic (exact) mass is 603 g/mol. The molecule has 0 aliphatic heterocycles. The molecule has 0 aromatic rings. The molecule has 39 heavy (non-hydrogen) atoms. The molecule has 0 spiro atoms. The van der Waals surface area contributed by atoms with Crippen molar-refractivity contribution in [2.24, 2.45) is 16.2 Å². The van der Waals surface area contributed by atoms with Crippen molar-refractivity contribution in [1.29, 1.82) is 0 Å². The molecule has 0 aliphatic carbocycles. The number of hydrogen-bond acceptors (Lipinski definition) is 7. The number of carbonyl (C=O) groups excluding carboxylic acids is 2. The average molecular weight is 604 g/mol. The maximum Gasteiger partial charge on any atom is 0.426 e. The molecule has 1 unspecified atom stereocenters. The molecule has 0 heterocycles. The quantitative estimate of drug-likeness (QED) is 0.191. The predicted octanol–water partition coefficient (Wildman–Crippen LogP) is 5.14. The number of ether oxygens (including phenoxy) is 2. The Balaban J connectivity index is 0. The van der Waals surface area contributed by atoms with Gasteiger partial charge >= 0.3 is 24.3 Å². The fourth-order valence-corrected chi connectivity index (χ4v) is 2.78. The van der Waals surface area contributed by atoms with E-state index in [1.807, 2.05) is 6.92 Å². The first kappa shape index (κ1) is 39.5. The van der Waals surface area contributed by atoms with Crippen LogP contribution in [-0.4, -0.2) is 68.9 Å². The summed E-state index contributed by atoms with van der Waals surface area (Å²) in [6.45, 7) is 14.2. The zero-order valence-corrected chi connectivity index (χ0v) is 25.0.